The third-order valence-electron chi connectivity index (χ3n) is 7.94. The first-order valence-electron chi connectivity index (χ1n) is 14.5. The molecule has 0 amide bonds. The van der Waals surface area contributed by atoms with Gasteiger partial charge in [0.2, 0.25) is 0 Å². The topological polar surface area (TPSA) is 96.2 Å². The van der Waals surface area contributed by atoms with Gasteiger partial charge in [-0.2, -0.15) is 0 Å². The number of aliphatic hydroxyl groups is 3. The summed E-state index contributed by atoms with van der Waals surface area (Å²) in [7, 11) is 1.62. The highest BCUT2D eigenvalue weighted by atomic mass is 16.5. The van der Waals surface area contributed by atoms with Crippen LogP contribution >= 0.6 is 0 Å². The summed E-state index contributed by atoms with van der Waals surface area (Å²) < 4.78 is 11.3. The first-order chi connectivity index (χ1) is 18.4. The van der Waals surface area contributed by atoms with E-state index in [1.807, 2.05) is 71.1 Å². The van der Waals surface area contributed by atoms with Gasteiger partial charge >= 0.3 is 5.97 Å². The summed E-state index contributed by atoms with van der Waals surface area (Å²) in [5.74, 6) is -0.692. The van der Waals surface area contributed by atoms with Crippen molar-refractivity contribution in [3.8, 4) is 0 Å². The van der Waals surface area contributed by atoms with E-state index in [1.165, 1.54) is 0 Å². The summed E-state index contributed by atoms with van der Waals surface area (Å²) in [5.41, 5.74) is 1.44. The molecule has 0 aromatic carbocycles. The fourth-order valence-electron chi connectivity index (χ4n) is 4.65. The number of rotatable bonds is 10. The Labute approximate surface area is 237 Å². The van der Waals surface area contributed by atoms with Crippen LogP contribution in [0.2, 0.25) is 0 Å². The van der Waals surface area contributed by atoms with E-state index >= 15 is 0 Å². The molecule has 0 aromatic rings. The highest BCUT2D eigenvalue weighted by Crippen LogP contribution is 2.24. The van der Waals surface area contributed by atoms with Crippen molar-refractivity contribution in [3.05, 3.63) is 59.8 Å². The van der Waals surface area contributed by atoms with Crippen LogP contribution in [-0.4, -0.2) is 58.9 Å². The molecule has 0 bridgehead atoms. The molecule has 0 aromatic heterocycles. The van der Waals surface area contributed by atoms with Gasteiger partial charge in [0, 0.05) is 36.9 Å². The smallest absolute Gasteiger partial charge is 0.334 e. The number of aliphatic hydroxyl groups excluding tert-OH is 3. The quantitative estimate of drug-likeness (QED) is 0.227. The average Bonchev–Trinajstić information content (AvgIpc) is 2.90. The van der Waals surface area contributed by atoms with Crippen molar-refractivity contribution in [3.63, 3.8) is 0 Å². The SMILES string of the molecule is COC(C)C(C)C(O)C(C)C(O)CC=CCC(C)C1CC=CCCC=CC(O)C(C)C=C(C)C=C(C)C(=O)O1. The van der Waals surface area contributed by atoms with Gasteiger partial charge in [0.25, 0.3) is 0 Å². The number of hydrogen-bond donors (Lipinski definition) is 3. The van der Waals surface area contributed by atoms with Crippen LogP contribution in [0, 0.1) is 23.7 Å². The Morgan fingerprint density at radius 1 is 1.03 bits per heavy atom. The predicted molar refractivity (Wildman–Crippen MR) is 159 cm³/mol. The van der Waals surface area contributed by atoms with E-state index < -0.39 is 18.3 Å². The normalized spacial score (nSPS) is 26.7. The number of allylic oxidation sites excluding steroid dienone is 5. The van der Waals surface area contributed by atoms with E-state index in [0.717, 1.165) is 18.4 Å². The molecule has 1 aliphatic heterocycles. The third kappa shape index (κ3) is 12.8. The van der Waals surface area contributed by atoms with Crippen LogP contribution in [0.1, 0.15) is 80.6 Å². The van der Waals surface area contributed by atoms with Crippen molar-refractivity contribution in [2.24, 2.45) is 23.7 Å². The first kappa shape index (κ1) is 35.0. The summed E-state index contributed by atoms with van der Waals surface area (Å²) in [4.78, 5) is 12.9. The average molecular weight is 547 g/mol. The number of esters is 1. The third-order valence-corrected chi connectivity index (χ3v) is 7.94. The van der Waals surface area contributed by atoms with Crippen molar-refractivity contribution in [2.45, 2.75) is 111 Å². The minimum Gasteiger partial charge on any atom is -0.458 e. The largest absolute Gasteiger partial charge is 0.458 e. The molecule has 1 rings (SSSR count). The number of carbonyl (C=O) groups excluding carboxylic acids is 1. The Bertz CT molecular complexity index is 869. The fraction of sp³-hybridized carbons (Fsp3) is 0.667. The Hall–Kier alpha value is -1.99. The standard InChI is InChI=1S/C33H54O6/c1-22-20-24(3)29(34)17-12-10-9-11-13-19-31(39-33(37)25(4)21-22)23(2)16-14-15-18-30(35)27(6)32(36)26(5)28(7)38-8/h11-15,17,20-21,23-24,26-32,34-36H,9-10,16,18-19H2,1-8H3. The zero-order chi connectivity index (χ0) is 29.5. The first-order valence-corrected chi connectivity index (χ1v) is 14.5. The van der Waals surface area contributed by atoms with Crippen molar-refractivity contribution >= 4 is 5.97 Å². The minimum absolute atomic E-state index is 0.0635. The molecule has 0 saturated heterocycles. The van der Waals surface area contributed by atoms with Gasteiger partial charge in [-0.15, -0.1) is 0 Å². The van der Waals surface area contributed by atoms with Crippen molar-refractivity contribution in [2.75, 3.05) is 7.11 Å². The van der Waals surface area contributed by atoms with E-state index in [0.29, 0.717) is 24.8 Å². The van der Waals surface area contributed by atoms with E-state index in [1.54, 1.807) is 14.0 Å². The molecule has 1 heterocycles. The van der Waals surface area contributed by atoms with Crippen LogP contribution in [0.3, 0.4) is 0 Å². The van der Waals surface area contributed by atoms with E-state index in [2.05, 4.69) is 19.1 Å². The summed E-state index contributed by atoms with van der Waals surface area (Å²) in [5, 5.41) is 31.6. The van der Waals surface area contributed by atoms with Crippen LogP contribution in [0.25, 0.3) is 0 Å². The summed E-state index contributed by atoms with van der Waals surface area (Å²) in [6, 6.07) is 0. The molecule has 222 valence electrons. The second-order valence-corrected chi connectivity index (χ2v) is 11.4. The molecule has 6 heteroatoms. The van der Waals surface area contributed by atoms with Crippen molar-refractivity contribution in [1.82, 2.24) is 0 Å². The Morgan fingerprint density at radius 3 is 2.33 bits per heavy atom. The maximum absolute atomic E-state index is 12.9. The molecule has 0 fully saturated rings. The lowest BCUT2D eigenvalue weighted by Gasteiger charge is -2.31. The number of cyclic esters (lactones) is 1. The monoisotopic (exact) mass is 546 g/mol. The van der Waals surface area contributed by atoms with Gasteiger partial charge in [0.05, 0.1) is 24.4 Å². The van der Waals surface area contributed by atoms with E-state index in [-0.39, 0.29) is 41.8 Å². The lowest BCUT2D eigenvalue weighted by atomic mass is 9.85. The molecule has 9 atom stereocenters. The minimum atomic E-state index is -0.663. The van der Waals surface area contributed by atoms with Gasteiger partial charge in [-0.3, -0.25) is 0 Å². The van der Waals surface area contributed by atoms with Gasteiger partial charge in [0.15, 0.2) is 0 Å². The summed E-state index contributed by atoms with van der Waals surface area (Å²) in [6.07, 6.45) is 17.0. The Kier molecular flexibility index (Phi) is 16.5. The highest BCUT2D eigenvalue weighted by Gasteiger charge is 2.29. The van der Waals surface area contributed by atoms with Crippen LogP contribution in [0.4, 0.5) is 0 Å². The molecular formula is C33H54O6. The lowest BCUT2D eigenvalue weighted by Crippen LogP contribution is -2.38. The molecule has 39 heavy (non-hydrogen) atoms. The van der Waals surface area contributed by atoms with Gasteiger partial charge < -0.3 is 24.8 Å². The van der Waals surface area contributed by atoms with Gasteiger partial charge in [-0.05, 0) is 58.4 Å². The number of ether oxygens (including phenoxy) is 2. The molecule has 6 nitrogen and oxygen atoms in total. The van der Waals surface area contributed by atoms with Crippen molar-refractivity contribution in [1.29, 1.82) is 0 Å². The van der Waals surface area contributed by atoms with Crippen LogP contribution < -0.4 is 0 Å². The lowest BCUT2D eigenvalue weighted by molar-refractivity contribution is -0.146. The van der Waals surface area contributed by atoms with Crippen LogP contribution in [0.5, 0.6) is 0 Å². The second kappa shape index (κ2) is 18.4. The highest BCUT2D eigenvalue weighted by molar-refractivity contribution is 5.88. The number of hydrogen-bond acceptors (Lipinski definition) is 6. The molecule has 0 aliphatic carbocycles. The van der Waals surface area contributed by atoms with Gasteiger partial charge in [-0.25, -0.2) is 4.79 Å². The fourth-order valence-corrected chi connectivity index (χ4v) is 4.65. The zero-order valence-electron chi connectivity index (χ0n) is 25.4. The van der Waals surface area contributed by atoms with Gasteiger partial charge in [-0.1, -0.05) is 75.8 Å². The molecule has 0 radical (unpaired) electrons. The van der Waals surface area contributed by atoms with Crippen LogP contribution in [0.15, 0.2) is 59.8 Å². The predicted octanol–water partition coefficient (Wildman–Crippen LogP) is 6.09. The van der Waals surface area contributed by atoms with E-state index in [9.17, 15) is 20.1 Å². The van der Waals surface area contributed by atoms with Crippen molar-refractivity contribution < 1.29 is 29.6 Å². The molecule has 1 aliphatic rings. The molecule has 9 unspecified atom stereocenters. The summed E-state index contributed by atoms with van der Waals surface area (Å²) >= 11 is 0. The number of methoxy groups -OCH3 is 1. The van der Waals surface area contributed by atoms with E-state index in [4.69, 9.17) is 9.47 Å². The molecule has 0 spiro atoms. The Morgan fingerprint density at radius 2 is 1.67 bits per heavy atom. The maximum atomic E-state index is 12.9. The zero-order valence-corrected chi connectivity index (χ0v) is 25.4. The molecule has 3 N–H and O–H groups in total. The van der Waals surface area contributed by atoms with Gasteiger partial charge in [0.1, 0.15) is 6.10 Å². The summed E-state index contributed by atoms with van der Waals surface area (Å²) in [6.45, 7) is 13.4. The van der Waals surface area contributed by atoms with Crippen LogP contribution in [-0.2, 0) is 14.3 Å². The second-order valence-electron chi connectivity index (χ2n) is 11.4. The molecular weight excluding hydrogens is 492 g/mol. The molecule has 0 saturated carbocycles. The number of carbonyl (C=O) groups is 1. The Balaban J connectivity index is 2.86. The maximum Gasteiger partial charge on any atom is 0.334 e.